The molecule has 1 aromatic heterocycles. The topological polar surface area (TPSA) is 160 Å². The number of hydrogen-bond acceptors (Lipinski definition) is 9. The van der Waals surface area contributed by atoms with E-state index in [0.29, 0.717) is 11.4 Å². The maximum atomic E-state index is 13.1. The number of ketones is 1. The van der Waals surface area contributed by atoms with Crippen LogP contribution in [0.4, 0.5) is 11.4 Å². The Labute approximate surface area is 217 Å². The van der Waals surface area contributed by atoms with Gasteiger partial charge in [-0.25, -0.2) is 4.68 Å². The van der Waals surface area contributed by atoms with Gasteiger partial charge in [-0.2, -0.15) is 5.21 Å². The summed E-state index contributed by atoms with van der Waals surface area (Å²) in [6.07, 6.45) is -0.572. The number of anilines is 2. The second-order valence-electron chi connectivity index (χ2n) is 9.09. The molecule has 3 rings (SSSR count). The fourth-order valence-electron chi connectivity index (χ4n) is 3.42. The zero-order chi connectivity index (χ0) is 27.3. The summed E-state index contributed by atoms with van der Waals surface area (Å²) in [4.78, 5) is 50.9. The van der Waals surface area contributed by atoms with Gasteiger partial charge in [0.15, 0.2) is 5.78 Å². The molecule has 0 saturated carbocycles. The standard InChI is InChI=1S/C24H26N6O6S/c1-24(2,3)36-21(34)12-19(31)17-10-14(8-9-18(17)29(4)13-20(32)33)22(35)25-15-6-5-7-16(11-15)30-23(37)26-27-28-30/h5-11H,12-13H2,1-4H3,(H,25,35)(H,32,33)(H,26,28,37). The van der Waals surface area contributed by atoms with Crippen LogP contribution in [-0.2, 0) is 14.3 Å². The number of tetrazole rings is 1. The number of benzene rings is 2. The van der Waals surface area contributed by atoms with Crippen molar-refractivity contribution < 1.29 is 29.0 Å². The number of rotatable bonds is 9. The van der Waals surface area contributed by atoms with Gasteiger partial charge in [0.25, 0.3) is 5.91 Å². The third kappa shape index (κ3) is 7.30. The number of carboxylic acids is 1. The van der Waals surface area contributed by atoms with Crippen molar-refractivity contribution in [3.63, 3.8) is 0 Å². The second kappa shape index (κ2) is 11.1. The molecule has 0 bridgehead atoms. The zero-order valence-corrected chi connectivity index (χ0v) is 21.5. The van der Waals surface area contributed by atoms with Crippen LogP contribution < -0.4 is 10.2 Å². The van der Waals surface area contributed by atoms with Crippen molar-refractivity contribution in [3.05, 3.63) is 58.4 Å². The summed E-state index contributed by atoms with van der Waals surface area (Å²) in [7, 11) is 1.49. The quantitative estimate of drug-likeness (QED) is 0.164. The van der Waals surface area contributed by atoms with Crippen molar-refractivity contribution >= 4 is 47.2 Å². The minimum absolute atomic E-state index is 0.0193. The molecule has 0 unspecified atom stereocenters. The summed E-state index contributed by atoms with van der Waals surface area (Å²) in [5, 5.41) is 21.9. The highest BCUT2D eigenvalue weighted by Crippen LogP contribution is 2.24. The smallest absolute Gasteiger partial charge is 0.323 e. The summed E-state index contributed by atoms with van der Waals surface area (Å²) in [5.74, 6) is -2.98. The number of H-pyrrole nitrogens is 1. The van der Waals surface area contributed by atoms with E-state index in [1.165, 1.54) is 34.8 Å². The van der Waals surface area contributed by atoms with E-state index < -0.39 is 42.2 Å². The summed E-state index contributed by atoms with van der Waals surface area (Å²) < 4.78 is 6.89. The lowest BCUT2D eigenvalue weighted by atomic mass is 10.0. The van der Waals surface area contributed by atoms with Crippen LogP contribution in [0.5, 0.6) is 0 Å². The number of nitrogens with zero attached hydrogens (tertiary/aromatic N) is 4. The first-order chi connectivity index (χ1) is 17.3. The first-order valence-corrected chi connectivity index (χ1v) is 11.5. The van der Waals surface area contributed by atoms with Gasteiger partial charge in [0.1, 0.15) is 18.6 Å². The van der Waals surface area contributed by atoms with Crippen LogP contribution in [0.1, 0.15) is 47.9 Å². The number of carbonyl (C=O) groups excluding carboxylic acids is 3. The molecule has 3 N–H and O–H groups in total. The summed E-state index contributed by atoms with van der Waals surface area (Å²) in [5.41, 5.74) is 0.652. The molecule has 12 nitrogen and oxygen atoms in total. The number of aliphatic carboxylic acids is 1. The molecule has 2 aromatic carbocycles. The van der Waals surface area contributed by atoms with Gasteiger partial charge in [0.2, 0.25) is 4.77 Å². The average molecular weight is 527 g/mol. The van der Waals surface area contributed by atoms with Crippen molar-refractivity contribution in [2.24, 2.45) is 0 Å². The van der Waals surface area contributed by atoms with Gasteiger partial charge < -0.3 is 20.1 Å². The molecule has 0 radical (unpaired) electrons. The third-order valence-corrected chi connectivity index (χ3v) is 5.17. The van der Waals surface area contributed by atoms with Crippen molar-refractivity contribution in [1.82, 2.24) is 20.2 Å². The highest BCUT2D eigenvalue weighted by Gasteiger charge is 2.24. The van der Waals surface area contributed by atoms with Gasteiger partial charge in [-0.1, -0.05) is 16.4 Å². The largest absolute Gasteiger partial charge is 0.480 e. The van der Waals surface area contributed by atoms with Gasteiger partial charge in [-0.15, -0.1) is 0 Å². The minimum atomic E-state index is -1.11. The Morgan fingerprint density at radius 1 is 1.16 bits per heavy atom. The SMILES string of the molecule is CN(CC(=O)O)c1ccc(C(=O)Nc2cccc(-n3[nH]nnc3=S)c2)cc1C(=O)CC(=O)OC(C)(C)C. The van der Waals surface area contributed by atoms with Crippen LogP contribution in [-0.4, -0.2) is 68.1 Å². The van der Waals surface area contributed by atoms with E-state index in [-0.39, 0.29) is 21.6 Å². The van der Waals surface area contributed by atoms with E-state index in [2.05, 4.69) is 20.8 Å². The van der Waals surface area contributed by atoms with E-state index in [0.717, 1.165) is 0 Å². The van der Waals surface area contributed by atoms with Crippen LogP contribution in [0.15, 0.2) is 42.5 Å². The highest BCUT2D eigenvalue weighted by atomic mass is 32.1. The predicted molar refractivity (Wildman–Crippen MR) is 137 cm³/mol. The van der Waals surface area contributed by atoms with Crippen molar-refractivity contribution in [1.29, 1.82) is 0 Å². The normalized spacial score (nSPS) is 11.0. The lowest BCUT2D eigenvalue weighted by Crippen LogP contribution is -2.28. The van der Waals surface area contributed by atoms with Gasteiger partial charge in [0, 0.05) is 29.5 Å². The summed E-state index contributed by atoms with van der Waals surface area (Å²) in [6, 6.07) is 11.0. The van der Waals surface area contributed by atoms with E-state index >= 15 is 0 Å². The van der Waals surface area contributed by atoms with Crippen LogP contribution in [0.25, 0.3) is 5.69 Å². The van der Waals surface area contributed by atoms with E-state index in [1.807, 2.05) is 0 Å². The fraction of sp³-hybridized carbons (Fsp3) is 0.292. The minimum Gasteiger partial charge on any atom is -0.480 e. The van der Waals surface area contributed by atoms with Crippen LogP contribution in [0.3, 0.4) is 0 Å². The first-order valence-electron chi connectivity index (χ1n) is 11.1. The predicted octanol–water partition coefficient (Wildman–Crippen LogP) is 3.01. The summed E-state index contributed by atoms with van der Waals surface area (Å²) >= 11 is 5.10. The Morgan fingerprint density at radius 2 is 1.89 bits per heavy atom. The molecule has 13 heteroatoms. The number of aromatic nitrogens is 4. The molecule has 1 heterocycles. The van der Waals surface area contributed by atoms with Crippen LogP contribution in [0, 0.1) is 4.77 Å². The molecule has 0 saturated heterocycles. The Hall–Kier alpha value is -4.39. The number of nitrogens with one attached hydrogen (secondary N) is 2. The van der Waals surface area contributed by atoms with Crippen molar-refractivity contribution in [2.45, 2.75) is 32.8 Å². The Bertz CT molecular complexity index is 1410. The molecule has 0 aliphatic rings. The number of ether oxygens (including phenoxy) is 1. The zero-order valence-electron chi connectivity index (χ0n) is 20.6. The van der Waals surface area contributed by atoms with Crippen molar-refractivity contribution in [2.75, 3.05) is 23.8 Å². The lowest BCUT2D eigenvalue weighted by Gasteiger charge is -2.22. The van der Waals surface area contributed by atoms with Gasteiger partial charge >= 0.3 is 11.9 Å². The molecule has 1 amide bonds. The fourth-order valence-corrected chi connectivity index (χ4v) is 3.60. The van der Waals surface area contributed by atoms with Crippen LogP contribution >= 0.6 is 12.2 Å². The van der Waals surface area contributed by atoms with Crippen molar-refractivity contribution in [3.8, 4) is 5.69 Å². The van der Waals surface area contributed by atoms with E-state index in [4.69, 9.17) is 17.0 Å². The number of aromatic amines is 1. The molecule has 0 atom stereocenters. The highest BCUT2D eigenvalue weighted by molar-refractivity contribution is 7.71. The average Bonchev–Trinajstić information content (AvgIpc) is 3.22. The molecule has 0 aliphatic carbocycles. The van der Waals surface area contributed by atoms with E-state index in [1.54, 1.807) is 45.0 Å². The van der Waals surface area contributed by atoms with Gasteiger partial charge in [-0.05, 0) is 69.4 Å². The molecular formula is C24H26N6O6S. The second-order valence-corrected chi connectivity index (χ2v) is 9.46. The van der Waals surface area contributed by atoms with Gasteiger partial charge in [0.05, 0.1) is 5.69 Å². The number of likely N-dealkylation sites (N-methyl/N-ethyl adjacent to an activating group) is 1. The molecule has 0 fully saturated rings. The maximum absolute atomic E-state index is 13.1. The Kier molecular flexibility index (Phi) is 8.17. The number of carbonyl (C=O) groups is 4. The number of hydrogen-bond donors (Lipinski definition) is 3. The molecular weight excluding hydrogens is 500 g/mol. The van der Waals surface area contributed by atoms with Crippen LogP contribution in [0.2, 0.25) is 0 Å². The molecule has 194 valence electrons. The van der Waals surface area contributed by atoms with Gasteiger partial charge in [-0.3, -0.25) is 19.2 Å². The number of Topliss-reactive ketones (excluding diaryl/α,β-unsaturated/α-hetero) is 1. The first kappa shape index (κ1) is 27.2. The molecule has 3 aromatic rings. The van der Waals surface area contributed by atoms with E-state index in [9.17, 15) is 24.3 Å². The number of amides is 1. The number of carboxylic acid groups (broad SMARTS) is 1. The third-order valence-electron chi connectivity index (χ3n) is 4.90. The lowest BCUT2D eigenvalue weighted by molar-refractivity contribution is -0.153. The summed E-state index contributed by atoms with van der Waals surface area (Å²) in [6.45, 7) is 4.64. The Balaban J connectivity index is 1.89. The molecule has 37 heavy (non-hydrogen) atoms. The number of esters is 1. The molecule has 0 spiro atoms. The Morgan fingerprint density at radius 3 is 2.51 bits per heavy atom. The molecule has 0 aliphatic heterocycles. The maximum Gasteiger partial charge on any atom is 0.323 e. The monoisotopic (exact) mass is 526 g/mol.